The van der Waals surface area contributed by atoms with Crippen molar-refractivity contribution in [2.45, 2.75) is 44.6 Å². The number of nitrogens with one attached hydrogen (secondary N) is 1. The number of methoxy groups -OCH3 is 1. The number of ether oxygens (including phenoxy) is 1. The van der Waals surface area contributed by atoms with E-state index in [0.29, 0.717) is 28.1 Å². The van der Waals surface area contributed by atoms with Crippen LogP contribution in [-0.2, 0) is 5.54 Å². The summed E-state index contributed by atoms with van der Waals surface area (Å²) in [5.74, 6) is 1.19. The van der Waals surface area contributed by atoms with E-state index in [1.807, 2.05) is 29.1 Å². The normalized spacial score (nSPS) is 15.8. The first-order valence-corrected chi connectivity index (χ1v) is 10.0. The van der Waals surface area contributed by atoms with E-state index in [-0.39, 0.29) is 5.91 Å². The Kier molecular flexibility index (Phi) is 5.32. The fourth-order valence-electron chi connectivity index (χ4n) is 3.92. The van der Waals surface area contributed by atoms with Gasteiger partial charge in [0.2, 0.25) is 5.89 Å². The fraction of sp³-hybridized carbons (Fsp3) is 0.381. The summed E-state index contributed by atoms with van der Waals surface area (Å²) < 4.78 is 12.6. The second-order valence-electron chi connectivity index (χ2n) is 7.33. The molecule has 1 amide bonds. The summed E-state index contributed by atoms with van der Waals surface area (Å²) in [6.45, 7) is 1.75. The highest BCUT2D eigenvalue weighted by Crippen LogP contribution is 2.37. The monoisotopic (exact) mass is 414 g/mol. The van der Waals surface area contributed by atoms with E-state index >= 15 is 0 Å². The van der Waals surface area contributed by atoms with Crippen molar-refractivity contribution in [2.75, 3.05) is 7.11 Å². The maximum absolute atomic E-state index is 13.3. The average molecular weight is 415 g/mol. The molecule has 1 aromatic carbocycles. The molecule has 1 fully saturated rings. The molecule has 0 unspecified atom stereocenters. The van der Waals surface area contributed by atoms with E-state index in [0.717, 1.165) is 37.8 Å². The van der Waals surface area contributed by atoms with E-state index in [4.69, 9.17) is 20.9 Å². The van der Waals surface area contributed by atoms with Crippen LogP contribution in [0.25, 0.3) is 5.69 Å². The lowest BCUT2D eigenvalue weighted by Gasteiger charge is -2.35. The minimum atomic E-state index is -0.649. The largest absolute Gasteiger partial charge is 0.496 e. The molecule has 1 N–H and O–H groups in total. The summed E-state index contributed by atoms with van der Waals surface area (Å²) >= 11 is 6.50. The summed E-state index contributed by atoms with van der Waals surface area (Å²) in [4.78, 5) is 17.7. The van der Waals surface area contributed by atoms with Crippen LogP contribution in [0, 0.1) is 6.92 Å². The van der Waals surface area contributed by atoms with E-state index in [1.165, 1.54) is 0 Å². The summed E-state index contributed by atoms with van der Waals surface area (Å²) in [5.41, 5.74) is 0.466. The molecule has 1 saturated carbocycles. The van der Waals surface area contributed by atoms with Gasteiger partial charge in [-0.3, -0.25) is 4.79 Å². The quantitative estimate of drug-likeness (QED) is 0.668. The van der Waals surface area contributed by atoms with Gasteiger partial charge in [0.1, 0.15) is 11.3 Å². The Morgan fingerprint density at radius 1 is 1.24 bits per heavy atom. The first-order chi connectivity index (χ1) is 14.0. The molecule has 0 bridgehead atoms. The maximum Gasteiger partial charge on any atom is 0.255 e. The van der Waals surface area contributed by atoms with Crippen LogP contribution in [-0.4, -0.2) is 27.7 Å². The molecule has 1 aliphatic carbocycles. The molecule has 0 atom stereocenters. The third kappa shape index (κ3) is 3.74. The zero-order chi connectivity index (χ0) is 20.4. The molecule has 0 spiro atoms. The molecule has 7 nitrogen and oxygen atoms in total. The first kappa shape index (κ1) is 19.5. The van der Waals surface area contributed by atoms with E-state index in [1.54, 1.807) is 26.2 Å². The maximum atomic E-state index is 13.3. The van der Waals surface area contributed by atoms with Crippen LogP contribution in [0.2, 0.25) is 5.02 Å². The minimum Gasteiger partial charge on any atom is -0.496 e. The van der Waals surface area contributed by atoms with Gasteiger partial charge in [0.15, 0.2) is 5.82 Å². The van der Waals surface area contributed by atoms with Crippen LogP contribution in [0.1, 0.15) is 54.2 Å². The zero-order valence-electron chi connectivity index (χ0n) is 16.4. The van der Waals surface area contributed by atoms with Gasteiger partial charge in [0, 0.05) is 25.4 Å². The van der Waals surface area contributed by atoms with Crippen molar-refractivity contribution in [2.24, 2.45) is 0 Å². The van der Waals surface area contributed by atoms with E-state index in [2.05, 4.69) is 15.5 Å². The third-order valence-corrected chi connectivity index (χ3v) is 5.71. The van der Waals surface area contributed by atoms with Gasteiger partial charge in [-0.25, -0.2) is 0 Å². The molecular weight excluding hydrogens is 392 g/mol. The van der Waals surface area contributed by atoms with Crippen molar-refractivity contribution < 1.29 is 14.1 Å². The van der Waals surface area contributed by atoms with Gasteiger partial charge in [0.25, 0.3) is 5.91 Å². The Labute approximate surface area is 174 Å². The Morgan fingerprint density at radius 3 is 2.59 bits per heavy atom. The molecule has 2 heterocycles. The molecule has 152 valence electrons. The SMILES string of the molecule is COc1cc(-n2cccc2)c(Cl)cc1C(=O)NC1(c2noc(C)n2)CCCCC1. The number of aromatic nitrogens is 3. The number of rotatable bonds is 5. The number of aryl methyl sites for hydroxylation is 1. The summed E-state index contributed by atoms with van der Waals surface area (Å²) in [6, 6.07) is 7.22. The van der Waals surface area contributed by atoms with Crippen LogP contribution >= 0.6 is 11.6 Å². The standard InChI is InChI=1S/C21H23ClN4O3/c1-14-23-20(25-29-14)21(8-4-3-5-9-21)24-19(27)15-12-16(22)17(13-18(15)28-2)26-10-6-7-11-26/h6-7,10-13H,3-5,8-9H2,1-2H3,(H,24,27). The predicted octanol–water partition coefficient (Wildman–Crippen LogP) is 4.42. The fourth-order valence-corrected chi connectivity index (χ4v) is 4.18. The first-order valence-electron chi connectivity index (χ1n) is 9.66. The van der Waals surface area contributed by atoms with Crippen molar-refractivity contribution in [3.05, 3.63) is 59.0 Å². The number of hydrogen-bond donors (Lipinski definition) is 1. The molecular formula is C21H23ClN4O3. The molecule has 29 heavy (non-hydrogen) atoms. The lowest BCUT2D eigenvalue weighted by molar-refractivity contribution is 0.0852. The molecule has 3 aromatic rings. The Bertz CT molecular complexity index is 1010. The second-order valence-corrected chi connectivity index (χ2v) is 7.74. The van der Waals surface area contributed by atoms with Crippen LogP contribution in [0.15, 0.2) is 41.2 Å². The van der Waals surface area contributed by atoms with Gasteiger partial charge in [-0.2, -0.15) is 4.98 Å². The number of benzene rings is 1. The number of carbonyl (C=O) groups excluding carboxylic acids is 1. The Morgan fingerprint density at radius 2 is 1.97 bits per heavy atom. The number of carbonyl (C=O) groups is 1. The average Bonchev–Trinajstić information content (AvgIpc) is 3.40. The molecule has 1 aliphatic rings. The van der Waals surface area contributed by atoms with Crippen molar-refractivity contribution >= 4 is 17.5 Å². The third-order valence-electron chi connectivity index (χ3n) is 5.41. The molecule has 2 aromatic heterocycles. The van der Waals surface area contributed by atoms with E-state index in [9.17, 15) is 4.79 Å². The highest BCUT2D eigenvalue weighted by atomic mass is 35.5. The Balaban J connectivity index is 1.69. The highest BCUT2D eigenvalue weighted by Gasteiger charge is 2.40. The lowest BCUT2D eigenvalue weighted by Crippen LogP contribution is -2.48. The number of halogens is 1. The highest BCUT2D eigenvalue weighted by molar-refractivity contribution is 6.33. The minimum absolute atomic E-state index is 0.271. The van der Waals surface area contributed by atoms with Gasteiger partial charge in [0.05, 0.1) is 23.4 Å². The van der Waals surface area contributed by atoms with Crippen molar-refractivity contribution in [1.82, 2.24) is 20.0 Å². The molecule has 8 heteroatoms. The van der Waals surface area contributed by atoms with Gasteiger partial charge in [-0.15, -0.1) is 0 Å². The number of nitrogens with zero attached hydrogens (tertiary/aromatic N) is 3. The van der Waals surface area contributed by atoms with E-state index < -0.39 is 5.54 Å². The summed E-state index contributed by atoms with van der Waals surface area (Å²) in [7, 11) is 1.54. The van der Waals surface area contributed by atoms with Gasteiger partial charge in [-0.05, 0) is 31.0 Å². The van der Waals surface area contributed by atoms with Gasteiger partial charge < -0.3 is 19.1 Å². The number of hydrogen-bond acceptors (Lipinski definition) is 5. The van der Waals surface area contributed by atoms with Gasteiger partial charge >= 0.3 is 0 Å². The topological polar surface area (TPSA) is 82.2 Å². The van der Waals surface area contributed by atoms with Gasteiger partial charge in [-0.1, -0.05) is 36.0 Å². The van der Waals surface area contributed by atoms with Crippen LogP contribution in [0.4, 0.5) is 0 Å². The molecule has 4 rings (SSSR count). The second kappa shape index (κ2) is 7.91. The van der Waals surface area contributed by atoms with Crippen LogP contribution in [0.3, 0.4) is 0 Å². The summed E-state index contributed by atoms with van der Waals surface area (Å²) in [5, 5.41) is 7.73. The zero-order valence-corrected chi connectivity index (χ0v) is 17.2. The van der Waals surface area contributed by atoms with Crippen LogP contribution in [0.5, 0.6) is 5.75 Å². The van der Waals surface area contributed by atoms with Crippen molar-refractivity contribution in [3.63, 3.8) is 0 Å². The predicted molar refractivity (Wildman–Crippen MR) is 109 cm³/mol. The smallest absolute Gasteiger partial charge is 0.255 e. The molecule has 0 saturated heterocycles. The lowest BCUT2D eigenvalue weighted by atomic mass is 9.80. The molecule has 0 aliphatic heterocycles. The van der Waals surface area contributed by atoms with Crippen molar-refractivity contribution in [3.8, 4) is 11.4 Å². The number of amides is 1. The summed E-state index contributed by atoms with van der Waals surface area (Å²) in [6.07, 6.45) is 8.38. The van der Waals surface area contributed by atoms with Crippen molar-refractivity contribution in [1.29, 1.82) is 0 Å². The Hall–Kier alpha value is -2.80. The molecule has 0 radical (unpaired) electrons. The van der Waals surface area contributed by atoms with Crippen LogP contribution < -0.4 is 10.1 Å².